The van der Waals surface area contributed by atoms with Gasteiger partial charge in [-0.2, -0.15) is 0 Å². The Morgan fingerprint density at radius 3 is 2.52 bits per heavy atom. The van der Waals surface area contributed by atoms with Gasteiger partial charge in [0.25, 0.3) is 5.91 Å². The van der Waals surface area contributed by atoms with E-state index < -0.39 is 12.1 Å². The highest BCUT2D eigenvalue weighted by Crippen LogP contribution is 2.13. The average molecular weight is 293 g/mol. The number of hydrogen-bond acceptors (Lipinski definition) is 3. The number of carbonyl (C=O) groups is 2. The standard InChI is InChI=1S/C16H23NO4/c1-3-14(21-13-9-5-4-6-10-13)16(20)17-12(2)8-7-11-15(18)19/h4-6,9-10,12,14H,3,7-8,11H2,1-2H3,(H,17,20)(H,18,19). The maximum absolute atomic E-state index is 12.1. The van der Waals surface area contributed by atoms with E-state index in [2.05, 4.69) is 5.32 Å². The number of amides is 1. The minimum absolute atomic E-state index is 0.0646. The van der Waals surface area contributed by atoms with Gasteiger partial charge in [-0.05, 0) is 38.3 Å². The number of rotatable bonds is 9. The van der Waals surface area contributed by atoms with Crippen molar-refractivity contribution in [2.45, 2.75) is 51.7 Å². The molecule has 0 saturated heterocycles. The molecule has 0 fully saturated rings. The zero-order valence-electron chi connectivity index (χ0n) is 12.5. The Hall–Kier alpha value is -2.04. The van der Waals surface area contributed by atoms with E-state index in [1.54, 1.807) is 0 Å². The Labute approximate surface area is 125 Å². The van der Waals surface area contributed by atoms with Crippen molar-refractivity contribution in [3.05, 3.63) is 30.3 Å². The summed E-state index contributed by atoms with van der Waals surface area (Å²) in [4.78, 5) is 22.6. The van der Waals surface area contributed by atoms with Gasteiger partial charge in [-0.3, -0.25) is 9.59 Å². The lowest BCUT2D eigenvalue weighted by molar-refractivity contribution is -0.137. The quantitative estimate of drug-likeness (QED) is 0.734. The van der Waals surface area contributed by atoms with Crippen molar-refractivity contribution in [3.63, 3.8) is 0 Å². The molecule has 0 aromatic heterocycles. The smallest absolute Gasteiger partial charge is 0.303 e. The monoisotopic (exact) mass is 293 g/mol. The normalized spacial score (nSPS) is 13.2. The number of carboxylic acids is 1. The van der Waals surface area contributed by atoms with Gasteiger partial charge >= 0.3 is 5.97 Å². The number of hydrogen-bond donors (Lipinski definition) is 2. The highest BCUT2D eigenvalue weighted by Gasteiger charge is 2.19. The fraction of sp³-hybridized carbons (Fsp3) is 0.500. The van der Waals surface area contributed by atoms with Gasteiger partial charge in [0.15, 0.2) is 6.10 Å². The zero-order valence-corrected chi connectivity index (χ0v) is 12.5. The molecule has 5 heteroatoms. The van der Waals surface area contributed by atoms with E-state index in [0.717, 1.165) is 0 Å². The number of para-hydroxylation sites is 1. The molecule has 0 spiro atoms. The van der Waals surface area contributed by atoms with Crippen molar-refractivity contribution >= 4 is 11.9 Å². The molecule has 2 N–H and O–H groups in total. The number of nitrogens with one attached hydrogen (secondary N) is 1. The van der Waals surface area contributed by atoms with Gasteiger partial charge in [-0.1, -0.05) is 25.1 Å². The summed E-state index contributed by atoms with van der Waals surface area (Å²) in [6.07, 6.45) is 1.35. The highest BCUT2D eigenvalue weighted by atomic mass is 16.5. The van der Waals surface area contributed by atoms with Crippen molar-refractivity contribution in [1.82, 2.24) is 5.32 Å². The van der Waals surface area contributed by atoms with Crippen LogP contribution in [0.2, 0.25) is 0 Å². The van der Waals surface area contributed by atoms with E-state index in [1.165, 1.54) is 0 Å². The van der Waals surface area contributed by atoms with Crippen LogP contribution in [0.1, 0.15) is 39.5 Å². The third kappa shape index (κ3) is 6.79. The maximum atomic E-state index is 12.1. The minimum Gasteiger partial charge on any atom is -0.481 e. The van der Waals surface area contributed by atoms with Crippen LogP contribution < -0.4 is 10.1 Å². The predicted molar refractivity (Wildman–Crippen MR) is 80.2 cm³/mol. The lowest BCUT2D eigenvalue weighted by atomic mass is 10.1. The average Bonchev–Trinajstić information content (AvgIpc) is 2.45. The van der Waals surface area contributed by atoms with Gasteiger partial charge < -0.3 is 15.2 Å². The van der Waals surface area contributed by atoms with E-state index in [4.69, 9.17) is 9.84 Å². The molecule has 0 bridgehead atoms. The van der Waals surface area contributed by atoms with E-state index >= 15 is 0 Å². The number of aliphatic carboxylic acids is 1. The first-order valence-electron chi connectivity index (χ1n) is 7.26. The summed E-state index contributed by atoms with van der Waals surface area (Å²) < 4.78 is 5.66. The second kappa shape index (κ2) is 9.00. The molecule has 5 nitrogen and oxygen atoms in total. The first-order chi connectivity index (χ1) is 10.0. The van der Waals surface area contributed by atoms with Crippen LogP contribution in [-0.2, 0) is 9.59 Å². The zero-order chi connectivity index (χ0) is 15.7. The summed E-state index contributed by atoms with van der Waals surface area (Å²) in [5.41, 5.74) is 0. The number of carbonyl (C=O) groups excluding carboxylic acids is 1. The lowest BCUT2D eigenvalue weighted by Gasteiger charge is -2.20. The van der Waals surface area contributed by atoms with E-state index in [9.17, 15) is 9.59 Å². The van der Waals surface area contributed by atoms with Gasteiger partial charge in [0.2, 0.25) is 0 Å². The molecule has 21 heavy (non-hydrogen) atoms. The third-order valence-electron chi connectivity index (χ3n) is 3.10. The Morgan fingerprint density at radius 1 is 1.29 bits per heavy atom. The van der Waals surface area contributed by atoms with Crippen LogP contribution in [0.4, 0.5) is 0 Å². The lowest BCUT2D eigenvalue weighted by Crippen LogP contribution is -2.42. The Bertz CT molecular complexity index is 447. The number of benzene rings is 1. The molecule has 2 atom stereocenters. The van der Waals surface area contributed by atoms with Crippen LogP contribution in [0.5, 0.6) is 5.75 Å². The number of carboxylic acid groups (broad SMARTS) is 1. The van der Waals surface area contributed by atoms with Crippen LogP contribution in [0.25, 0.3) is 0 Å². The summed E-state index contributed by atoms with van der Waals surface area (Å²) in [7, 11) is 0. The SMILES string of the molecule is CCC(Oc1ccccc1)C(=O)NC(C)CCCC(=O)O. The van der Waals surface area contributed by atoms with Gasteiger partial charge in [0.05, 0.1) is 0 Å². The Balaban J connectivity index is 2.42. The van der Waals surface area contributed by atoms with Gasteiger partial charge in [-0.15, -0.1) is 0 Å². The Morgan fingerprint density at radius 2 is 1.95 bits per heavy atom. The summed E-state index contributed by atoms with van der Waals surface area (Å²) in [5, 5.41) is 11.5. The van der Waals surface area contributed by atoms with E-state index in [-0.39, 0.29) is 18.4 Å². The van der Waals surface area contributed by atoms with Crippen molar-refractivity contribution in [3.8, 4) is 5.75 Å². The summed E-state index contributed by atoms with van der Waals surface area (Å²) in [6, 6.07) is 9.16. The van der Waals surface area contributed by atoms with Crippen molar-refractivity contribution in [2.24, 2.45) is 0 Å². The first-order valence-corrected chi connectivity index (χ1v) is 7.26. The predicted octanol–water partition coefficient (Wildman–Crippen LogP) is 2.60. The molecule has 0 heterocycles. The van der Waals surface area contributed by atoms with Crippen LogP contribution in [0.15, 0.2) is 30.3 Å². The minimum atomic E-state index is -0.813. The summed E-state index contributed by atoms with van der Waals surface area (Å²) in [6.45, 7) is 3.76. The molecule has 1 aromatic carbocycles. The van der Waals surface area contributed by atoms with Crippen molar-refractivity contribution in [2.75, 3.05) is 0 Å². The summed E-state index contributed by atoms with van der Waals surface area (Å²) >= 11 is 0. The molecule has 0 aliphatic rings. The second-order valence-corrected chi connectivity index (χ2v) is 5.02. The van der Waals surface area contributed by atoms with Crippen LogP contribution >= 0.6 is 0 Å². The molecule has 0 aliphatic carbocycles. The molecule has 1 rings (SSSR count). The van der Waals surface area contributed by atoms with Gasteiger partial charge in [0, 0.05) is 12.5 Å². The molecule has 116 valence electrons. The molecule has 2 unspecified atom stereocenters. The van der Waals surface area contributed by atoms with Crippen molar-refractivity contribution < 1.29 is 19.4 Å². The fourth-order valence-corrected chi connectivity index (χ4v) is 1.95. The molecule has 1 aromatic rings. The Kier molecular flexibility index (Phi) is 7.29. The topological polar surface area (TPSA) is 75.6 Å². The maximum Gasteiger partial charge on any atom is 0.303 e. The van der Waals surface area contributed by atoms with E-state index in [0.29, 0.717) is 25.0 Å². The van der Waals surface area contributed by atoms with Gasteiger partial charge in [-0.25, -0.2) is 0 Å². The van der Waals surface area contributed by atoms with Crippen LogP contribution in [-0.4, -0.2) is 29.1 Å². The largest absolute Gasteiger partial charge is 0.481 e. The molecular formula is C16H23NO4. The van der Waals surface area contributed by atoms with Crippen LogP contribution in [0.3, 0.4) is 0 Å². The fourth-order valence-electron chi connectivity index (χ4n) is 1.95. The molecule has 0 saturated carbocycles. The second-order valence-electron chi connectivity index (χ2n) is 5.02. The van der Waals surface area contributed by atoms with Gasteiger partial charge in [0.1, 0.15) is 5.75 Å². The number of ether oxygens (including phenoxy) is 1. The first kappa shape index (κ1) is 17.0. The van der Waals surface area contributed by atoms with Crippen LogP contribution in [0, 0.1) is 0 Å². The molecular weight excluding hydrogens is 270 g/mol. The molecule has 1 amide bonds. The third-order valence-corrected chi connectivity index (χ3v) is 3.10. The molecule has 0 aliphatic heterocycles. The van der Waals surface area contributed by atoms with Crippen molar-refractivity contribution in [1.29, 1.82) is 0 Å². The van der Waals surface area contributed by atoms with E-state index in [1.807, 2.05) is 44.2 Å². The highest BCUT2D eigenvalue weighted by molar-refractivity contribution is 5.81. The summed E-state index contributed by atoms with van der Waals surface area (Å²) in [5.74, 6) is -0.311. The molecule has 0 radical (unpaired) electrons.